The fourth-order valence-corrected chi connectivity index (χ4v) is 3.76. The molecule has 1 N–H and O–H groups in total. The number of aryl methyl sites for hydroxylation is 3. The molecule has 1 aliphatic rings. The van der Waals surface area contributed by atoms with Crippen molar-refractivity contribution in [2.45, 2.75) is 52.6 Å². The summed E-state index contributed by atoms with van der Waals surface area (Å²) in [5, 5.41) is 8.96. The van der Waals surface area contributed by atoms with Gasteiger partial charge in [-0.1, -0.05) is 17.7 Å². The maximum atomic E-state index is 10.9. The lowest BCUT2D eigenvalue weighted by Crippen LogP contribution is -2.36. The molecule has 1 atom stereocenters. The molecule has 1 fully saturated rings. The second-order valence-corrected chi connectivity index (χ2v) is 7.05. The number of nitrogens with zero attached hydrogens (tertiary/aromatic N) is 2. The summed E-state index contributed by atoms with van der Waals surface area (Å²) in [5.74, 6) is -0.737. The molecular formula is C19H30N2O2. The van der Waals surface area contributed by atoms with Crippen LogP contribution in [0.2, 0.25) is 0 Å². The van der Waals surface area contributed by atoms with Gasteiger partial charge in [0, 0.05) is 12.6 Å². The predicted molar refractivity (Wildman–Crippen MR) is 93.8 cm³/mol. The minimum atomic E-state index is -0.737. The third-order valence-corrected chi connectivity index (χ3v) is 5.02. The van der Waals surface area contributed by atoms with Crippen LogP contribution in [-0.4, -0.2) is 53.6 Å². The van der Waals surface area contributed by atoms with Gasteiger partial charge in [0.25, 0.3) is 0 Å². The van der Waals surface area contributed by atoms with Crippen molar-refractivity contribution in [1.29, 1.82) is 0 Å². The molecule has 1 unspecified atom stereocenters. The van der Waals surface area contributed by atoms with E-state index >= 15 is 0 Å². The van der Waals surface area contributed by atoms with Gasteiger partial charge in [-0.2, -0.15) is 0 Å². The fraction of sp³-hybridized carbons (Fsp3) is 0.632. The summed E-state index contributed by atoms with van der Waals surface area (Å²) in [4.78, 5) is 15.4. The van der Waals surface area contributed by atoms with Gasteiger partial charge in [0.1, 0.15) is 0 Å². The minimum absolute atomic E-state index is 0.140. The van der Waals surface area contributed by atoms with Crippen molar-refractivity contribution in [1.82, 2.24) is 9.80 Å². The maximum Gasteiger partial charge on any atom is 0.317 e. The van der Waals surface area contributed by atoms with E-state index in [1.807, 2.05) is 11.9 Å². The van der Waals surface area contributed by atoms with Crippen molar-refractivity contribution in [2.75, 3.05) is 26.7 Å². The van der Waals surface area contributed by atoms with Crippen LogP contribution in [0.1, 0.15) is 41.5 Å². The summed E-state index contributed by atoms with van der Waals surface area (Å²) in [6.45, 7) is 9.85. The topological polar surface area (TPSA) is 43.8 Å². The predicted octanol–water partition coefficient (Wildman–Crippen LogP) is 2.98. The van der Waals surface area contributed by atoms with E-state index in [4.69, 9.17) is 5.11 Å². The highest BCUT2D eigenvalue weighted by molar-refractivity contribution is 5.69. The first-order chi connectivity index (χ1) is 10.9. The standard InChI is InChI=1S/C19H30N2O2/c1-14-10-15(2)18(16(3)11-14)12-21-8-5-6-17(7-9-21)20(4)13-19(22)23/h10-11,17H,5-9,12-13H2,1-4H3,(H,22,23). The molecule has 0 amide bonds. The van der Waals surface area contributed by atoms with Crippen LogP contribution in [0.5, 0.6) is 0 Å². The number of hydrogen-bond acceptors (Lipinski definition) is 3. The Kier molecular flexibility index (Phi) is 6.19. The molecule has 1 aromatic carbocycles. The highest BCUT2D eigenvalue weighted by atomic mass is 16.4. The average Bonchev–Trinajstić information content (AvgIpc) is 2.67. The Morgan fingerprint density at radius 3 is 2.48 bits per heavy atom. The SMILES string of the molecule is Cc1cc(C)c(CN2CCCC(N(C)CC(=O)O)CC2)c(C)c1. The Hall–Kier alpha value is -1.39. The van der Waals surface area contributed by atoms with E-state index in [0.29, 0.717) is 6.04 Å². The molecule has 128 valence electrons. The Balaban J connectivity index is 1.97. The lowest BCUT2D eigenvalue weighted by Gasteiger charge is -2.26. The number of hydrogen-bond donors (Lipinski definition) is 1. The largest absolute Gasteiger partial charge is 0.480 e. The minimum Gasteiger partial charge on any atom is -0.480 e. The normalized spacial score (nSPS) is 19.8. The first kappa shape index (κ1) is 18.0. The summed E-state index contributed by atoms with van der Waals surface area (Å²) in [5.41, 5.74) is 5.54. The molecule has 1 aromatic rings. The van der Waals surface area contributed by atoms with E-state index in [9.17, 15) is 4.79 Å². The number of aliphatic carboxylic acids is 1. The molecule has 1 saturated heterocycles. The van der Waals surface area contributed by atoms with Crippen LogP contribution in [-0.2, 0) is 11.3 Å². The number of likely N-dealkylation sites (tertiary alicyclic amines) is 1. The van der Waals surface area contributed by atoms with Crippen LogP contribution in [0.25, 0.3) is 0 Å². The van der Waals surface area contributed by atoms with Crippen molar-refractivity contribution in [3.8, 4) is 0 Å². The molecule has 1 heterocycles. The van der Waals surface area contributed by atoms with Crippen molar-refractivity contribution < 1.29 is 9.90 Å². The van der Waals surface area contributed by atoms with Crippen LogP contribution in [0.3, 0.4) is 0 Å². The van der Waals surface area contributed by atoms with Crippen LogP contribution < -0.4 is 0 Å². The van der Waals surface area contributed by atoms with Gasteiger partial charge in [-0.25, -0.2) is 0 Å². The third kappa shape index (κ3) is 5.05. The molecule has 4 nitrogen and oxygen atoms in total. The fourth-order valence-electron chi connectivity index (χ4n) is 3.76. The Morgan fingerprint density at radius 2 is 1.87 bits per heavy atom. The number of carboxylic acid groups (broad SMARTS) is 1. The molecule has 0 aliphatic carbocycles. The molecule has 23 heavy (non-hydrogen) atoms. The number of likely N-dealkylation sites (N-methyl/N-ethyl adjacent to an activating group) is 1. The van der Waals surface area contributed by atoms with Crippen molar-refractivity contribution in [2.24, 2.45) is 0 Å². The molecule has 1 aliphatic heterocycles. The molecule has 4 heteroatoms. The summed E-state index contributed by atoms with van der Waals surface area (Å²) in [6.07, 6.45) is 3.28. The molecular weight excluding hydrogens is 288 g/mol. The lowest BCUT2D eigenvalue weighted by atomic mass is 9.99. The van der Waals surface area contributed by atoms with Gasteiger partial charge >= 0.3 is 5.97 Å². The number of benzene rings is 1. The highest BCUT2D eigenvalue weighted by Crippen LogP contribution is 2.21. The second kappa shape index (κ2) is 7.93. The summed E-state index contributed by atoms with van der Waals surface area (Å²) < 4.78 is 0. The summed E-state index contributed by atoms with van der Waals surface area (Å²) in [6, 6.07) is 4.92. The quantitative estimate of drug-likeness (QED) is 0.906. The van der Waals surface area contributed by atoms with E-state index in [-0.39, 0.29) is 6.54 Å². The van der Waals surface area contributed by atoms with Gasteiger partial charge < -0.3 is 5.11 Å². The van der Waals surface area contributed by atoms with Crippen LogP contribution in [0.4, 0.5) is 0 Å². The number of carboxylic acids is 1. The van der Waals surface area contributed by atoms with Gasteiger partial charge in [-0.15, -0.1) is 0 Å². The van der Waals surface area contributed by atoms with Gasteiger partial charge in [-0.3, -0.25) is 14.6 Å². The third-order valence-electron chi connectivity index (χ3n) is 5.02. The molecule has 2 rings (SSSR count). The summed E-state index contributed by atoms with van der Waals surface area (Å²) in [7, 11) is 1.93. The zero-order chi connectivity index (χ0) is 17.0. The number of carbonyl (C=O) groups is 1. The Bertz CT molecular complexity index is 533. The number of rotatable bonds is 5. The van der Waals surface area contributed by atoms with E-state index in [2.05, 4.69) is 37.8 Å². The van der Waals surface area contributed by atoms with Crippen LogP contribution >= 0.6 is 0 Å². The molecule has 0 bridgehead atoms. The zero-order valence-electron chi connectivity index (χ0n) is 14.9. The van der Waals surface area contributed by atoms with Crippen LogP contribution in [0.15, 0.2) is 12.1 Å². The van der Waals surface area contributed by atoms with Crippen molar-refractivity contribution in [3.05, 3.63) is 34.4 Å². The monoisotopic (exact) mass is 318 g/mol. The van der Waals surface area contributed by atoms with Gasteiger partial charge in [0.2, 0.25) is 0 Å². The van der Waals surface area contributed by atoms with E-state index < -0.39 is 5.97 Å². The van der Waals surface area contributed by atoms with Crippen molar-refractivity contribution in [3.63, 3.8) is 0 Å². The zero-order valence-corrected chi connectivity index (χ0v) is 14.9. The van der Waals surface area contributed by atoms with E-state index in [0.717, 1.165) is 38.9 Å². The smallest absolute Gasteiger partial charge is 0.317 e. The van der Waals surface area contributed by atoms with Gasteiger partial charge in [0.05, 0.1) is 6.54 Å². The molecule has 0 spiro atoms. The molecule has 0 radical (unpaired) electrons. The lowest BCUT2D eigenvalue weighted by molar-refractivity contribution is -0.138. The Labute approximate surface area is 140 Å². The summed E-state index contributed by atoms with van der Waals surface area (Å²) >= 11 is 0. The maximum absolute atomic E-state index is 10.9. The van der Waals surface area contributed by atoms with Crippen molar-refractivity contribution >= 4 is 5.97 Å². The van der Waals surface area contributed by atoms with Crippen LogP contribution in [0, 0.1) is 20.8 Å². The second-order valence-electron chi connectivity index (χ2n) is 7.05. The van der Waals surface area contributed by atoms with E-state index in [1.165, 1.54) is 22.3 Å². The Morgan fingerprint density at radius 1 is 1.22 bits per heavy atom. The molecule has 0 saturated carbocycles. The average molecular weight is 318 g/mol. The van der Waals surface area contributed by atoms with E-state index in [1.54, 1.807) is 0 Å². The highest BCUT2D eigenvalue weighted by Gasteiger charge is 2.22. The van der Waals surface area contributed by atoms with Gasteiger partial charge in [-0.05, 0) is 76.9 Å². The first-order valence-corrected chi connectivity index (χ1v) is 8.58. The molecule has 0 aromatic heterocycles. The first-order valence-electron chi connectivity index (χ1n) is 8.58. The van der Waals surface area contributed by atoms with Gasteiger partial charge in [0.15, 0.2) is 0 Å².